The summed E-state index contributed by atoms with van der Waals surface area (Å²) in [6.07, 6.45) is 6.81. The summed E-state index contributed by atoms with van der Waals surface area (Å²) in [7, 11) is -4.04. The van der Waals surface area contributed by atoms with E-state index in [1.807, 2.05) is 0 Å². The number of hydrogen-bond acceptors (Lipinski definition) is 7. The van der Waals surface area contributed by atoms with Crippen molar-refractivity contribution in [3.63, 3.8) is 0 Å². The second-order valence-electron chi connectivity index (χ2n) is 11.0. The Hall–Kier alpha value is -2.33. The van der Waals surface area contributed by atoms with Crippen molar-refractivity contribution in [1.29, 1.82) is 0 Å². The minimum atomic E-state index is -4.04. The first-order chi connectivity index (χ1) is 16.6. The molecule has 4 fully saturated rings. The molecule has 1 unspecified atom stereocenters. The van der Waals surface area contributed by atoms with Crippen LogP contribution in [-0.4, -0.2) is 51.7 Å². The van der Waals surface area contributed by atoms with Gasteiger partial charge in [-0.1, -0.05) is 13.8 Å². The lowest BCUT2D eigenvalue weighted by molar-refractivity contribution is -0.152. The zero-order valence-electron chi connectivity index (χ0n) is 20.2. The molecule has 10 heteroatoms. The summed E-state index contributed by atoms with van der Waals surface area (Å²) in [4.78, 5) is 25.5. The van der Waals surface area contributed by atoms with Gasteiger partial charge in [0.15, 0.2) is 18.1 Å². The molecule has 4 aliphatic carbocycles. The normalized spacial score (nSPS) is 29.6. The number of esters is 1. The Balaban J connectivity index is 1.19. The quantitative estimate of drug-likeness (QED) is 0.520. The Labute approximate surface area is 206 Å². The third-order valence-electron chi connectivity index (χ3n) is 7.82. The van der Waals surface area contributed by atoms with Crippen molar-refractivity contribution in [2.75, 3.05) is 19.8 Å². The predicted molar refractivity (Wildman–Crippen MR) is 126 cm³/mol. The molecule has 0 radical (unpaired) electrons. The average molecular weight is 507 g/mol. The highest BCUT2D eigenvalue weighted by Crippen LogP contribution is 2.55. The lowest BCUT2D eigenvalue weighted by atomic mass is 9.53. The van der Waals surface area contributed by atoms with E-state index in [1.54, 1.807) is 13.8 Å². The maximum Gasteiger partial charge on any atom is 0.324 e. The van der Waals surface area contributed by atoms with Crippen molar-refractivity contribution in [3.8, 4) is 11.5 Å². The number of fused-ring (bicyclic) bond motifs is 1. The number of carbonyl (C=O) groups is 2. The fourth-order valence-corrected chi connectivity index (χ4v) is 8.05. The molecule has 0 aromatic heterocycles. The van der Waals surface area contributed by atoms with Gasteiger partial charge >= 0.3 is 5.97 Å². The molecule has 5 aliphatic rings. The number of amides is 1. The van der Waals surface area contributed by atoms with E-state index in [2.05, 4.69) is 10.0 Å². The molecule has 4 saturated carbocycles. The van der Waals surface area contributed by atoms with Crippen molar-refractivity contribution < 1.29 is 32.2 Å². The molecule has 0 spiro atoms. The second-order valence-corrected chi connectivity index (χ2v) is 12.7. The number of sulfonamides is 1. The van der Waals surface area contributed by atoms with E-state index in [9.17, 15) is 18.0 Å². The molecule has 1 aromatic carbocycles. The monoisotopic (exact) mass is 506 g/mol. The molecule has 0 saturated heterocycles. The van der Waals surface area contributed by atoms with Gasteiger partial charge in [0.1, 0.15) is 19.3 Å². The molecule has 192 valence electrons. The topological polar surface area (TPSA) is 120 Å². The van der Waals surface area contributed by atoms with Gasteiger partial charge in [-0.2, -0.15) is 4.72 Å². The van der Waals surface area contributed by atoms with Gasteiger partial charge in [-0.05, 0) is 74.3 Å². The van der Waals surface area contributed by atoms with Crippen LogP contribution in [0, 0.1) is 23.7 Å². The van der Waals surface area contributed by atoms with Crippen molar-refractivity contribution in [2.24, 2.45) is 23.7 Å². The summed E-state index contributed by atoms with van der Waals surface area (Å²) in [5, 5.41) is 3.17. The summed E-state index contributed by atoms with van der Waals surface area (Å²) >= 11 is 0. The van der Waals surface area contributed by atoms with Crippen LogP contribution in [0.1, 0.15) is 52.4 Å². The molecule has 6 rings (SSSR count). The van der Waals surface area contributed by atoms with Crippen LogP contribution in [0.5, 0.6) is 11.5 Å². The number of nitrogens with one attached hydrogen (secondary N) is 2. The first-order valence-corrected chi connectivity index (χ1v) is 14.0. The molecule has 1 heterocycles. The van der Waals surface area contributed by atoms with E-state index in [-0.39, 0.29) is 22.3 Å². The van der Waals surface area contributed by atoms with Crippen LogP contribution in [0.4, 0.5) is 0 Å². The van der Waals surface area contributed by atoms with Gasteiger partial charge in [0.05, 0.1) is 4.90 Å². The van der Waals surface area contributed by atoms with Crippen LogP contribution in [0.25, 0.3) is 0 Å². The minimum Gasteiger partial charge on any atom is -0.486 e. The number of hydrogen-bond donors (Lipinski definition) is 2. The van der Waals surface area contributed by atoms with Gasteiger partial charge < -0.3 is 19.5 Å². The average Bonchev–Trinajstić information content (AvgIpc) is 2.79. The minimum absolute atomic E-state index is 0.0419. The number of benzene rings is 1. The zero-order valence-corrected chi connectivity index (χ0v) is 21.1. The number of rotatable bonds is 8. The lowest BCUT2D eigenvalue weighted by Gasteiger charge is -2.56. The molecular weight excluding hydrogens is 472 g/mol. The summed E-state index contributed by atoms with van der Waals surface area (Å²) in [5.41, 5.74) is -0.171. The zero-order chi connectivity index (χ0) is 24.8. The predicted octanol–water partition coefficient (Wildman–Crippen LogP) is 2.39. The van der Waals surface area contributed by atoms with E-state index in [0.29, 0.717) is 42.5 Å². The summed E-state index contributed by atoms with van der Waals surface area (Å²) in [6, 6.07) is 3.16. The molecule has 1 aromatic rings. The van der Waals surface area contributed by atoms with Gasteiger partial charge in [0, 0.05) is 11.6 Å². The van der Waals surface area contributed by atoms with Gasteiger partial charge in [-0.15, -0.1) is 0 Å². The largest absolute Gasteiger partial charge is 0.486 e. The first kappa shape index (κ1) is 24.4. The summed E-state index contributed by atoms with van der Waals surface area (Å²) in [6.45, 7) is 3.74. The Morgan fingerprint density at radius 3 is 2.23 bits per heavy atom. The van der Waals surface area contributed by atoms with Gasteiger partial charge in [0.25, 0.3) is 5.91 Å². The number of ether oxygens (including phenoxy) is 3. The van der Waals surface area contributed by atoms with E-state index in [4.69, 9.17) is 14.2 Å². The maximum atomic E-state index is 13.0. The second kappa shape index (κ2) is 9.28. The van der Waals surface area contributed by atoms with Crippen LogP contribution in [0.3, 0.4) is 0 Å². The molecule has 35 heavy (non-hydrogen) atoms. The Morgan fingerprint density at radius 1 is 1.03 bits per heavy atom. The van der Waals surface area contributed by atoms with Crippen LogP contribution in [-0.2, 0) is 24.3 Å². The third-order valence-corrected chi connectivity index (χ3v) is 9.25. The first-order valence-electron chi connectivity index (χ1n) is 12.5. The van der Waals surface area contributed by atoms with E-state index in [0.717, 1.165) is 19.3 Å². The number of carbonyl (C=O) groups excluding carboxylic acids is 2. The van der Waals surface area contributed by atoms with Crippen molar-refractivity contribution in [3.05, 3.63) is 18.2 Å². The lowest BCUT2D eigenvalue weighted by Crippen LogP contribution is -2.60. The molecule has 1 atom stereocenters. The SMILES string of the molecule is CC(C)C(NS(=O)(=O)c1ccc2c(c1)OCCO2)C(=O)OCC(=O)NC12CC3CC(CC(C3)C1)C2. The standard InChI is InChI=1S/C25H34N2O7S/c1-15(2)23(27-35(30,31)19-3-4-20-21(10-19)33-6-5-32-20)24(29)34-14-22(28)26-25-11-16-7-17(12-25)9-18(8-16)13-25/h3-4,10,15-18,23,27H,5-9,11-14H2,1-2H3,(H,26,28). The fourth-order valence-electron chi connectivity index (χ4n) is 6.70. The summed E-state index contributed by atoms with van der Waals surface area (Å²) in [5.74, 6) is 1.38. The van der Waals surface area contributed by atoms with Crippen molar-refractivity contribution in [2.45, 2.75) is 68.8 Å². The van der Waals surface area contributed by atoms with E-state index >= 15 is 0 Å². The van der Waals surface area contributed by atoms with Gasteiger partial charge in [-0.25, -0.2) is 8.42 Å². The maximum absolute atomic E-state index is 13.0. The highest BCUT2D eigenvalue weighted by atomic mass is 32.2. The van der Waals surface area contributed by atoms with Crippen molar-refractivity contribution >= 4 is 21.9 Å². The smallest absolute Gasteiger partial charge is 0.324 e. The van der Waals surface area contributed by atoms with Crippen LogP contribution in [0.15, 0.2) is 23.1 Å². The molecule has 4 bridgehead atoms. The Kier molecular flexibility index (Phi) is 6.46. The molecule has 1 amide bonds. The third kappa shape index (κ3) is 5.14. The van der Waals surface area contributed by atoms with Crippen LogP contribution in [0.2, 0.25) is 0 Å². The van der Waals surface area contributed by atoms with Gasteiger partial charge in [-0.3, -0.25) is 9.59 Å². The molecule has 1 aliphatic heterocycles. The molecule has 9 nitrogen and oxygen atoms in total. The fraction of sp³-hybridized carbons (Fsp3) is 0.680. The van der Waals surface area contributed by atoms with Crippen LogP contribution < -0.4 is 19.5 Å². The Bertz CT molecular complexity index is 1070. The van der Waals surface area contributed by atoms with Crippen LogP contribution >= 0.6 is 0 Å². The van der Waals surface area contributed by atoms with E-state index < -0.39 is 28.6 Å². The molecular formula is C25H34N2O7S. The van der Waals surface area contributed by atoms with E-state index in [1.165, 1.54) is 37.5 Å². The van der Waals surface area contributed by atoms with Crippen molar-refractivity contribution in [1.82, 2.24) is 10.0 Å². The molecule has 2 N–H and O–H groups in total. The highest BCUT2D eigenvalue weighted by molar-refractivity contribution is 7.89. The van der Waals surface area contributed by atoms with Gasteiger partial charge in [0.2, 0.25) is 10.0 Å². The highest BCUT2D eigenvalue weighted by Gasteiger charge is 2.51. The Morgan fingerprint density at radius 2 is 1.63 bits per heavy atom. The summed E-state index contributed by atoms with van der Waals surface area (Å²) < 4.78 is 44.6.